The summed E-state index contributed by atoms with van der Waals surface area (Å²) in [6, 6.07) is 12.7. The number of carbonyl (C=O) groups is 1. The molecular formula is C16H15N3O3. The third-order valence-electron chi connectivity index (χ3n) is 3.24. The van der Waals surface area contributed by atoms with E-state index in [1.165, 1.54) is 7.11 Å². The van der Waals surface area contributed by atoms with E-state index < -0.39 is 0 Å². The van der Waals surface area contributed by atoms with E-state index in [-0.39, 0.29) is 5.97 Å². The first kappa shape index (κ1) is 13.9. The molecule has 3 aromatic rings. The van der Waals surface area contributed by atoms with Crippen molar-refractivity contribution in [2.24, 2.45) is 0 Å². The fraction of sp³-hybridized carbons (Fsp3) is 0.125. The van der Waals surface area contributed by atoms with Crippen LogP contribution >= 0.6 is 0 Å². The molecule has 0 unspecified atom stereocenters. The Morgan fingerprint density at radius 3 is 2.77 bits per heavy atom. The summed E-state index contributed by atoms with van der Waals surface area (Å²) >= 11 is 0. The van der Waals surface area contributed by atoms with Crippen LogP contribution in [0.3, 0.4) is 0 Å². The Bertz CT molecular complexity index is 826. The molecule has 0 aliphatic rings. The first-order valence-electron chi connectivity index (χ1n) is 6.69. The summed E-state index contributed by atoms with van der Waals surface area (Å²) in [5, 5.41) is 3.13. The number of para-hydroxylation sites is 1. The Labute approximate surface area is 127 Å². The zero-order valence-electron chi connectivity index (χ0n) is 12.2. The minimum Gasteiger partial charge on any atom is -0.494 e. The van der Waals surface area contributed by atoms with Crippen molar-refractivity contribution in [3.63, 3.8) is 0 Å². The molecule has 0 fully saturated rings. The van der Waals surface area contributed by atoms with Gasteiger partial charge in [-0.1, -0.05) is 12.1 Å². The van der Waals surface area contributed by atoms with Gasteiger partial charge in [0.1, 0.15) is 11.3 Å². The van der Waals surface area contributed by atoms with Gasteiger partial charge < -0.3 is 19.8 Å². The molecule has 0 bridgehead atoms. The van der Waals surface area contributed by atoms with Gasteiger partial charge in [0.05, 0.1) is 25.3 Å². The molecule has 3 rings (SSSR count). The monoisotopic (exact) mass is 297 g/mol. The summed E-state index contributed by atoms with van der Waals surface area (Å²) in [6.07, 6.45) is 0. The van der Waals surface area contributed by atoms with Gasteiger partial charge in [-0.25, -0.2) is 9.78 Å². The smallest absolute Gasteiger partial charge is 0.337 e. The quantitative estimate of drug-likeness (QED) is 0.724. The number of benzene rings is 2. The van der Waals surface area contributed by atoms with E-state index in [1.807, 2.05) is 24.3 Å². The van der Waals surface area contributed by atoms with Gasteiger partial charge in [0.2, 0.25) is 5.95 Å². The molecule has 0 radical (unpaired) electrons. The molecule has 0 atom stereocenters. The van der Waals surface area contributed by atoms with Crippen molar-refractivity contribution in [2.75, 3.05) is 19.5 Å². The number of carbonyl (C=O) groups excluding carboxylic acids is 1. The largest absolute Gasteiger partial charge is 0.494 e. The molecule has 0 saturated carbocycles. The number of hydrogen-bond donors (Lipinski definition) is 2. The van der Waals surface area contributed by atoms with Gasteiger partial charge in [-0.15, -0.1) is 0 Å². The highest BCUT2D eigenvalue weighted by atomic mass is 16.5. The normalized spacial score (nSPS) is 10.5. The molecule has 2 aromatic carbocycles. The SMILES string of the molecule is COC(=O)c1cccc(Nc2nc3c(OC)cccc3[nH]2)c1. The van der Waals surface area contributed by atoms with E-state index in [2.05, 4.69) is 15.3 Å². The number of rotatable bonds is 4. The van der Waals surface area contributed by atoms with Gasteiger partial charge in [-0.05, 0) is 30.3 Å². The van der Waals surface area contributed by atoms with Crippen LogP contribution in [0.5, 0.6) is 5.75 Å². The second-order valence-electron chi connectivity index (χ2n) is 4.64. The van der Waals surface area contributed by atoms with Gasteiger partial charge in [0.25, 0.3) is 0 Å². The topological polar surface area (TPSA) is 76.2 Å². The highest BCUT2D eigenvalue weighted by Crippen LogP contribution is 2.26. The summed E-state index contributed by atoms with van der Waals surface area (Å²) in [6.45, 7) is 0. The molecule has 6 heteroatoms. The number of esters is 1. The van der Waals surface area contributed by atoms with Crippen LogP contribution < -0.4 is 10.1 Å². The molecule has 1 aromatic heterocycles. The maximum absolute atomic E-state index is 11.6. The van der Waals surface area contributed by atoms with Crippen LogP contribution in [0.2, 0.25) is 0 Å². The highest BCUT2D eigenvalue weighted by Gasteiger charge is 2.09. The molecule has 112 valence electrons. The van der Waals surface area contributed by atoms with Crippen LogP contribution in [0, 0.1) is 0 Å². The number of aromatic amines is 1. The molecule has 0 aliphatic carbocycles. The fourth-order valence-corrected chi connectivity index (χ4v) is 2.21. The summed E-state index contributed by atoms with van der Waals surface area (Å²) in [7, 11) is 2.96. The Morgan fingerprint density at radius 2 is 2.00 bits per heavy atom. The molecule has 2 N–H and O–H groups in total. The number of methoxy groups -OCH3 is 2. The molecule has 22 heavy (non-hydrogen) atoms. The minimum atomic E-state index is -0.380. The lowest BCUT2D eigenvalue weighted by molar-refractivity contribution is 0.0601. The standard InChI is InChI=1S/C16H15N3O3/c1-21-13-8-4-7-12-14(13)19-16(18-12)17-11-6-3-5-10(9-11)15(20)22-2/h3-9H,1-2H3,(H2,17,18,19). The van der Waals surface area contributed by atoms with Crippen molar-refractivity contribution >= 4 is 28.6 Å². The summed E-state index contributed by atoms with van der Waals surface area (Å²) in [5.41, 5.74) is 2.82. The Kier molecular flexibility index (Phi) is 3.65. The summed E-state index contributed by atoms with van der Waals surface area (Å²) in [5.74, 6) is 0.890. The van der Waals surface area contributed by atoms with Gasteiger partial charge in [-0.2, -0.15) is 0 Å². The number of H-pyrrole nitrogens is 1. The lowest BCUT2D eigenvalue weighted by Crippen LogP contribution is -2.02. The maximum Gasteiger partial charge on any atom is 0.337 e. The predicted octanol–water partition coefficient (Wildman–Crippen LogP) is 3.10. The van der Waals surface area contributed by atoms with Gasteiger partial charge in [-0.3, -0.25) is 0 Å². The van der Waals surface area contributed by atoms with Crippen LogP contribution in [-0.4, -0.2) is 30.2 Å². The zero-order chi connectivity index (χ0) is 15.5. The van der Waals surface area contributed by atoms with Gasteiger partial charge in [0.15, 0.2) is 0 Å². The van der Waals surface area contributed by atoms with Crippen LogP contribution in [0.25, 0.3) is 11.0 Å². The number of hydrogen-bond acceptors (Lipinski definition) is 5. The number of aromatic nitrogens is 2. The number of anilines is 2. The van der Waals surface area contributed by atoms with Crippen molar-refractivity contribution < 1.29 is 14.3 Å². The Hall–Kier alpha value is -3.02. The Balaban J connectivity index is 1.92. The zero-order valence-corrected chi connectivity index (χ0v) is 12.2. The number of fused-ring (bicyclic) bond motifs is 1. The van der Waals surface area contributed by atoms with E-state index in [4.69, 9.17) is 9.47 Å². The second-order valence-corrected chi connectivity index (χ2v) is 4.64. The third-order valence-corrected chi connectivity index (χ3v) is 3.24. The van der Waals surface area contributed by atoms with Crippen LogP contribution in [0.4, 0.5) is 11.6 Å². The Morgan fingerprint density at radius 1 is 1.18 bits per heavy atom. The van der Waals surface area contributed by atoms with Crippen molar-refractivity contribution in [3.8, 4) is 5.75 Å². The molecule has 0 saturated heterocycles. The second kappa shape index (κ2) is 5.77. The molecule has 0 amide bonds. The lowest BCUT2D eigenvalue weighted by atomic mass is 10.2. The van der Waals surface area contributed by atoms with Crippen molar-refractivity contribution in [1.29, 1.82) is 0 Å². The molecule has 6 nitrogen and oxygen atoms in total. The molecule has 0 aliphatic heterocycles. The average Bonchev–Trinajstić information content (AvgIpc) is 2.96. The lowest BCUT2D eigenvalue weighted by Gasteiger charge is -2.04. The first-order chi connectivity index (χ1) is 10.7. The van der Waals surface area contributed by atoms with Crippen molar-refractivity contribution in [1.82, 2.24) is 9.97 Å². The van der Waals surface area contributed by atoms with E-state index in [0.29, 0.717) is 17.3 Å². The van der Waals surface area contributed by atoms with E-state index >= 15 is 0 Å². The summed E-state index contributed by atoms with van der Waals surface area (Å²) in [4.78, 5) is 19.2. The summed E-state index contributed by atoms with van der Waals surface area (Å²) < 4.78 is 10.00. The predicted molar refractivity (Wildman–Crippen MR) is 83.7 cm³/mol. The minimum absolute atomic E-state index is 0.380. The average molecular weight is 297 g/mol. The molecular weight excluding hydrogens is 282 g/mol. The fourth-order valence-electron chi connectivity index (χ4n) is 2.21. The number of ether oxygens (including phenoxy) is 2. The van der Waals surface area contributed by atoms with Crippen LogP contribution in [0.1, 0.15) is 10.4 Å². The highest BCUT2D eigenvalue weighted by molar-refractivity contribution is 5.90. The number of nitrogens with zero attached hydrogens (tertiary/aromatic N) is 1. The van der Waals surface area contributed by atoms with Gasteiger partial charge in [0, 0.05) is 5.69 Å². The van der Waals surface area contributed by atoms with Crippen LogP contribution in [-0.2, 0) is 4.74 Å². The number of nitrogens with one attached hydrogen (secondary N) is 2. The van der Waals surface area contributed by atoms with E-state index in [9.17, 15) is 4.79 Å². The number of imidazole rings is 1. The molecule has 0 spiro atoms. The van der Waals surface area contributed by atoms with Crippen molar-refractivity contribution in [2.45, 2.75) is 0 Å². The maximum atomic E-state index is 11.6. The van der Waals surface area contributed by atoms with Crippen LogP contribution in [0.15, 0.2) is 42.5 Å². The van der Waals surface area contributed by atoms with Gasteiger partial charge >= 0.3 is 5.97 Å². The van der Waals surface area contributed by atoms with Crippen molar-refractivity contribution in [3.05, 3.63) is 48.0 Å². The first-order valence-corrected chi connectivity index (χ1v) is 6.69. The molecule has 1 heterocycles. The van der Waals surface area contributed by atoms with E-state index in [1.54, 1.807) is 25.3 Å². The third kappa shape index (κ3) is 2.58. The van der Waals surface area contributed by atoms with E-state index in [0.717, 1.165) is 16.7 Å².